The highest BCUT2D eigenvalue weighted by molar-refractivity contribution is 5.17. The van der Waals surface area contributed by atoms with Crippen LogP contribution in [0, 0.1) is 0 Å². The van der Waals surface area contributed by atoms with Crippen LogP contribution in [-0.2, 0) is 6.42 Å². The van der Waals surface area contributed by atoms with Crippen molar-refractivity contribution in [3.05, 3.63) is 48.0 Å². The molecule has 0 N–H and O–H groups in total. The zero-order chi connectivity index (χ0) is 9.36. The molecule has 0 radical (unpaired) electrons. The molecule has 0 unspecified atom stereocenters. The number of allylic oxidation sites excluding steroid dienone is 2. The molecule has 0 fully saturated rings. The molecule has 0 amide bonds. The normalized spacial score (nSPS) is 10.8. The Hall–Kier alpha value is -1.04. The summed E-state index contributed by atoms with van der Waals surface area (Å²) in [6.45, 7) is 2.23. The summed E-state index contributed by atoms with van der Waals surface area (Å²) in [4.78, 5) is 0. The van der Waals surface area contributed by atoms with Gasteiger partial charge in [-0.15, -0.1) is 0 Å². The molecular weight excluding hydrogens is 156 g/mol. The summed E-state index contributed by atoms with van der Waals surface area (Å²) < 4.78 is 0. The highest BCUT2D eigenvalue weighted by Crippen LogP contribution is 2.01. The monoisotopic (exact) mass is 174 g/mol. The van der Waals surface area contributed by atoms with Gasteiger partial charge in [-0.1, -0.05) is 62.2 Å². The van der Waals surface area contributed by atoms with Gasteiger partial charge in [0.15, 0.2) is 0 Å². The molecule has 0 aromatic heterocycles. The summed E-state index contributed by atoms with van der Waals surface area (Å²) in [7, 11) is 0. The fraction of sp³-hybridized carbons (Fsp3) is 0.385. The Kier molecular flexibility index (Phi) is 5.00. The predicted octanol–water partition coefficient (Wildman–Crippen LogP) is 3.98. The standard InChI is InChI=1S/C13H18/c1-2-3-4-5-7-10-13-11-8-6-9-12-13/h5-9,11-12H,2-4,10H2,1H3/b7-5-. The van der Waals surface area contributed by atoms with Crippen molar-refractivity contribution in [1.82, 2.24) is 0 Å². The maximum atomic E-state index is 2.29. The summed E-state index contributed by atoms with van der Waals surface area (Å²) >= 11 is 0. The van der Waals surface area contributed by atoms with Crippen LogP contribution in [0.2, 0.25) is 0 Å². The summed E-state index contributed by atoms with van der Waals surface area (Å²) in [5.41, 5.74) is 1.40. The van der Waals surface area contributed by atoms with Gasteiger partial charge in [0, 0.05) is 0 Å². The first kappa shape index (κ1) is 10.0. The number of benzene rings is 1. The fourth-order valence-corrected chi connectivity index (χ4v) is 1.27. The fourth-order valence-electron chi connectivity index (χ4n) is 1.27. The smallest absolute Gasteiger partial charge is 0.00975 e. The van der Waals surface area contributed by atoms with Crippen LogP contribution in [0.25, 0.3) is 0 Å². The van der Waals surface area contributed by atoms with Gasteiger partial charge in [-0.05, 0) is 18.4 Å². The van der Waals surface area contributed by atoms with E-state index in [1.807, 2.05) is 0 Å². The van der Waals surface area contributed by atoms with E-state index in [1.165, 1.54) is 24.8 Å². The molecule has 0 spiro atoms. The Balaban J connectivity index is 2.23. The Morgan fingerprint density at radius 2 is 1.85 bits per heavy atom. The molecule has 13 heavy (non-hydrogen) atoms. The van der Waals surface area contributed by atoms with E-state index < -0.39 is 0 Å². The van der Waals surface area contributed by atoms with E-state index in [4.69, 9.17) is 0 Å². The van der Waals surface area contributed by atoms with Gasteiger partial charge in [0.25, 0.3) is 0 Å². The molecular formula is C13H18. The average molecular weight is 174 g/mol. The van der Waals surface area contributed by atoms with E-state index in [9.17, 15) is 0 Å². The van der Waals surface area contributed by atoms with E-state index >= 15 is 0 Å². The molecule has 1 aromatic carbocycles. The first-order valence-electron chi connectivity index (χ1n) is 5.12. The lowest BCUT2D eigenvalue weighted by Gasteiger charge is -1.94. The van der Waals surface area contributed by atoms with Crippen LogP contribution >= 0.6 is 0 Å². The molecule has 1 rings (SSSR count). The summed E-state index contributed by atoms with van der Waals surface area (Å²) in [6.07, 6.45) is 9.45. The van der Waals surface area contributed by atoms with E-state index in [0.717, 1.165) is 6.42 Å². The van der Waals surface area contributed by atoms with Gasteiger partial charge in [-0.3, -0.25) is 0 Å². The van der Waals surface area contributed by atoms with E-state index in [-0.39, 0.29) is 0 Å². The maximum absolute atomic E-state index is 2.29. The van der Waals surface area contributed by atoms with Gasteiger partial charge < -0.3 is 0 Å². The predicted molar refractivity (Wildman–Crippen MR) is 58.8 cm³/mol. The quantitative estimate of drug-likeness (QED) is 0.468. The molecule has 0 saturated carbocycles. The molecule has 0 heteroatoms. The van der Waals surface area contributed by atoms with Crippen molar-refractivity contribution in [1.29, 1.82) is 0 Å². The Morgan fingerprint density at radius 3 is 2.54 bits per heavy atom. The van der Waals surface area contributed by atoms with E-state index in [2.05, 4.69) is 49.4 Å². The first-order valence-corrected chi connectivity index (χ1v) is 5.12. The van der Waals surface area contributed by atoms with Crippen molar-refractivity contribution in [3.63, 3.8) is 0 Å². The Labute approximate surface area is 81.3 Å². The molecule has 0 saturated heterocycles. The van der Waals surface area contributed by atoms with Crippen LogP contribution in [0.15, 0.2) is 42.5 Å². The van der Waals surface area contributed by atoms with Crippen LogP contribution in [0.4, 0.5) is 0 Å². The molecule has 1 aromatic rings. The van der Waals surface area contributed by atoms with Gasteiger partial charge in [0.05, 0.1) is 0 Å². The minimum Gasteiger partial charge on any atom is -0.0882 e. The van der Waals surface area contributed by atoms with Gasteiger partial charge in [0.2, 0.25) is 0 Å². The van der Waals surface area contributed by atoms with E-state index in [0.29, 0.717) is 0 Å². The van der Waals surface area contributed by atoms with Crippen LogP contribution in [-0.4, -0.2) is 0 Å². The third-order valence-corrected chi connectivity index (χ3v) is 2.09. The highest BCUT2D eigenvalue weighted by atomic mass is 13.9. The molecule has 0 aliphatic carbocycles. The van der Waals surface area contributed by atoms with Crippen molar-refractivity contribution in [3.8, 4) is 0 Å². The molecule has 0 heterocycles. The SMILES string of the molecule is CCCC/C=C\Cc1ccccc1. The van der Waals surface area contributed by atoms with Crippen LogP contribution in [0.5, 0.6) is 0 Å². The molecule has 0 aliphatic heterocycles. The number of rotatable bonds is 5. The van der Waals surface area contributed by atoms with Gasteiger partial charge in [0.1, 0.15) is 0 Å². The lowest BCUT2D eigenvalue weighted by molar-refractivity contribution is 0.813. The average Bonchev–Trinajstić information content (AvgIpc) is 2.19. The molecule has 70 valence electrons. The van der Waals surface area contributed by atoms with Crippen molar-refractivity contribution in [2.24, 2.45) is 0 Å². The molecule has 0 aliphatic rings. The molecule has 0 atom stereocenters. The zero-order valence-corrected chi connectivity index (χ0v) is 8.37. The Bertz CT molecular complexity index is 233. The second-order valence-corrected chi connectivity index (χ2v) is 3.30. The zero-order valence-electron chi connectivity index (χ0n) is 8.37. The second kappa shape index (κ2) is 6.47. The third kappa shape index (κ3) is 4.51. The third-order valence-electron chi connectivity index (χ3n) is 2.09. The topological polar surface area (TPSA) is 0 Å². The Morgan fingerprint density at radius 1 is 1.08 bits per heavy atom. The largest absolute Gasteiger partial charge is 0.0882 e. The molecule has 0 bridgehead atoms. The van der Waals surface area contributed by atoms with Crippen LogP contribution in [0.1, 0.15) is 31.7 Å². The summed E-state index contributed by atoms with van der Waals surface area (Å²) in [5.74, 6) is 0. The summed E-state index contributed by atoms with van der Waals surface area (Å²) in [5, 5.41) is 0. The van der Waals surface area contributed by atoms with Crippen LogP contribution in [0.3, 0.4) is 0 Å². The second-order valence-electron chi connectivity index (χ2n) is 3.30. The van der Waals surface area contributed by atoms with E-state index in [1.54, 1.807) is 0 Å². The first-order chi connectivity index (χ1) is 6.43. The lowest BCUT2D eigenvalue weighted by atomic mass is 10.1. The van der Waals surface area contributed by atoms with Gasteiger partial charge in [-0.25, -0.2) is 0 Å². The van der Waals surface area contributed by atoms with Crippen molar-refractivity contribution < 1.29 is 0 Å². The van der Waals surface area contributed by atoms with Gasteiger partial charge >= 0.3 is 0 Å². The van der Waals surface area contributed by atoms with Crippen molar-refractivity contribution in [2.45, 2.75) is 32.6 Å². The van der Waals surface area contributed by atoms with Crippen LogP contribution < -0.4 is 0 Å². The maximum Gasteiger partial charge on any atom is -0.00975 e. The van der Waals surface area contributed by atoms with Crippen molar-refractivity contribution >= 4 is 0 Å². The van der Waals surface area contributed by atoms with Crippen molar-refractivity contribution in [2.75, 3.05) is 0 Å². The minimum absolute atomic E-state index is 1.07. The summed E-state index contributed by atoms with van der Waals surface area (Å²) in [6, 6.07) is 10.6. The van der Waals surface area contributed by atoms with Gasteiger partial charge in [-0.2, -0.15) is 0 Å². The number of hydrogen-bond acceptors (Lipinski definition) is 0. The highest BCUT2D eigenvalue weighted by Gasteiger charge is 1.85. The number of unbranched alkanes of at least 4 members (excludes halogenated alkanes) is 2. The minimum atomic E-state index is 1.07. The molecule has 0 nitrogen and oxygen atoms in total. The number of hydrogen-bond donors (Lipinski definition) is 0. The lowest BCUT2D eigenvalue weighted by Crippen LogP contribution is -1.78.